The number of ether oxygens (including phenoxy) is 1. The first-order valence-electron chi connectivity index (χ1n) is 8.14. The van der Waals surface area contributed by atoms with Gasteiger partial charge >= 0.3 is 0 Å². The fraction of sp³-hybridized carbons (Fsp3) is 0.611. The zero-order valence-corrected chi connectivity index (χ0v) is 14.2. The molecule has 0 saturated carbocycles. The second kappa shape index (κ2) is 7.41. The van der Waals surface area contributed by atoms with Crippen LogP contribution in [0.15, 0.2) is 24.3 Å². The molecule has 1 aliphatic rings. The average Bonchev–Trinajstić information content (AvgIpc) is 2.54. The molecule has 1 heterocycles. The second-order valence-electron chi connectivity index (χ2n) is 7.01. The van der Waals surface area contributed by atoms with E-state index in [1.54, 1.807) is 19.2 Å². The molecule has 0 aliphatic carbocycles. The molecule has 0 aromatic heterocycles. The number of hydrogen-bond donors (Lipinski definition) is 2. The number of nitrogens with one attached hydrogen (secondary N) is 2. The van der Waals surface area contributed by atoms with Crippen LogP contribution in [-0.4, -0.2) is 39.3 Å². The van der Waals surface area contributed by atoms with Crippen molar-refractivity contribution in [2.75, 3.05) is 33.4 Å². The number of carbonyl (C=O) groups is 1. The van der Waals surface area contributed by atoms with Gasteiger partial charge in [-0.05, 0) is 37.6 Å². The lowest BCUT2D eigenvalue weighted by Crippen LogP contribution is -2.52. The lowest BCUT2D eigenvalue weighted by Gasteiger charge is -2.37. The summed E-state index contributed by atoms with van der Waals surface area (Å²) in [5.41, 5.74) is -0.334. The van der Waals surface area contributed by atoms with E-state index >= 15 is 0 Å². The summed E-state index contributed by atoms with van der Waals surface area (Å²) in [5.74, 6) is -0.231. The van der Waals surface area contributed by atoms with Crippen molar-refractivity contribution in [3.63, 3.8) is 0 Å². The Morgan fingerprint density at radius 2 is 2.00 bits per heavy atom. The van der Waals surface area contributed by atoms with Gasteiger partial charge in [-0.1, -0.05) is 32.0 Å². The van der Waals surface area contributed by atoms with Gasteiger partial charge in [0.15, 0.2) is 0 Å². The largest absolute Gasteiger partial charge is 0.384 e. The molecule has 0 unspecified atom stereocenters. The second-order valence-corrected chi connectivity index (χ2v) is 7.01. The highest BCUT2D eigenvalue weighted by atomic mass is 19.1. The number of hydrogen-bond acceptors (Lipinski definition) is 3. The van der Waals surface area contributed by atoms with Gasteiger partial charge in [0.1, 0.15) is 5.82 Å². The summed E-state index contributed by atoms with van der Waals surface area (Å²) in [7, 11) is 1.63. The zero-order chi connectivity index (χ0) is 16.9. The number of methoxy groups -OCH3 is 1. The molecule has 1 aromatic rings. The maximum atomic E-state index is 14.0. The van der Waals surface area contributed by atoms with Crippen molar-refractivity contribution in [2.24, 2.45) is 5.41 Å². The van der Waals surface area contributed by atoms with Gasteiger partial charge < -0.3 is 15.4 Å². The van der Waals surface area contributed by atoms with Gasteiger partial charge in [0, 0.05) is 19.1 Å². The Labute approximate surface area is 137 Å². The highest BCUT2D eigenvalue weighted by molar-refractivity contribution is 5.83. The molecule has 0 radical (unpaired) electrons. The third-order valence-electron chi connectivity index (χ3n) is 4.76. The zero-order valence-electron chi connectivity index (χ0n) is 14.2. The molecular weight excluding hydrogens is 295 g/mol. The quantitative estimate of drug-likeness (QED) is 0.844. The topological polar surface area (TPSA) is 50.4 Å². The molecule has 1 saturated heterocycles. The van der Waals surface area contributed by atoms with Gasteiger partial charge in [-0.3, -0.25) is 4.79 Å². The normalized spacial score (nSPS) is 17.7. The maximum absolute atomic E-state index is 14.0. The molecule has 1 fully saturated rings. The Morgan fingerprint density at radius 1 is 1.35 bits per heavy atom. The van der Waals surface area contributed by atoms with Crippen LogP contribution >= 0.6 is 0 Å². The molecule has 23 heavy (non-hydrogen) atoms. The molecule has 0 spiro atoms. The molecular formula is C18H27FN2O2. The summed E-state index contributed by atoms with van der Waals surface area (Å²) in [6, 6.07) is 6.73. The average molecular weight is 322 g/mol. The summed E-state index contributed by atoms with van der Waals surface area (Å²) in [4.78, 5) is 12.8. The first-order chi connectivity index (χ1) is 10.9. The predicted octanol–water partition coefficient (Wildman–Crippen LogP) is 2.24. The standard InChI is InChI=1S/C18H27FN2O2/c1-17(2,14-6-4-5-7-15(14)19)12-21-16(22)18(13-23-3)8-10-20-11-9-18/h4-7,20H,8-13H2,1-3H3,(H,21,22). The molecule has 128 valence electrons. The maximum Gasteiger partial charge on any atom is 0.228 e. The number of rotatable bonds is 6. The molecule has 0 bridgehead atoms. The summed E-state index contributed by atoms with van der Waals surface area (Å²) in [6.07, 6.45) is 1.51. The van der Waals surface area contributed by atoms with E-state index < -0.39 is 10.8 Å². The van der Waals surface area contributed by atoms with Gasteiger partial charge in [0.25, 0.3) is 0 Å². The molecule has 1 aliphatic heterocycles. The minimum absolute atomic E-state index is 0.00487. The number of piperidine rings is 1. The van der Waals surface area contributed by atoms with E-state index in [-0.39, 0.29) is 11.7 Å². The van der Waals surface area contributed by atoms with Crippen LogP contribution in [0.25, 0.3) is 0 Å². The van der Waals surface area contributed by atoms with Crippen LogP contribution in [0.3, 0.4) is 0 Å². The van der Waals surface area contributed by atoms with E-state index in [1.807, 2.05) is 19.9 Å². The smallest absolute Gasteiger partial charge is 0.228 e. The summed E-state index contributed by atoms with van der Waals surface area (Å²) in [5, 5.41) is 6.30. The SMILES string of the molecule is COCC1(C(=O)NCC(C)(C)c2ccccc2F)CCNCC1. The Morgan fingerprint density at radius 3 is 2.61 bits per heavy atom. The monoisotopic (exact) mass is 322 g/mol. The van der Waals surface area contributed by atoms with Gasteiger partial charge in [0.05, 0.1) is 12.0 Å². The lowest BCUT2D eigenvalue weighted by molar-refractivity contribution is -0.136. The Kier molecular flexibility index (Phi) is 5.76. The van der Waals surface area contributed by atoms with E-state index in [9.17, 15) is 9.18 Å². The van der Waals surface area contributed by atoms with Crippen molar-refractivity contribution in [1.82, 2.24) is 10.6 Å². The Bertz CT molecular complexity index is 534. The minimum atomic E-state index is -0.481. The van der Waals surface area contributed by atoms with Crippen molar-refractivity contribution in [3.8, 4) is 0 Å². The molecule has 4 nitrogen and oxygen atoms in total. The minimum Gasteiger partial charge on any atom is -0.384 e. The van der Waals surface area contributed by atoms with E-state index in [0.29, 0.717) is 18.7 Å². The first-order valence-corrected chi connectivity index (χ1v) is 8.14. The molecule has 1 amide bonds. The molecule has 2 rings (SSSR count). The molecule has 2 N–H and O–H groups in total. The van der Waals surface area contributed by atoms with E-state index in [0.717, 1.165) is 25.9 Å². The van der Waals surface area contributed by atoms with Crippen molar-refractivity contribution in [2.45, 2.75) is 32.1 Å². The first kappa shape index (κ1) is 17.9. The predicted molar refractivity (Wildman–Crippen MR) is 88.8 cm³/mol. The highest BCUT2D eigenvalue weighted by Crippen LogP contribution is 2.30. The summed E-state index contributed by atoms with van der Waals surface area (Å²) in [6.45, 7) is 6.32. The van der Waals surface area contributed by atoms with Crippen LogP contribution in [0.5, 0.6) is 0 Å². The number of benzene rings is 1. The van der Waals surface area contributed by atoms with Gasteiger partial charge in [-0.25, -0.2) is 4.39 Å². The van der Waals surface area contributed by atoms with E-state index in [2.05, 4.69) is 10.6 Å². The number of amides is 1. The lowest BCUT2D eigenvalue weighted by atomic mass is 9.78. The summed E-state index contributed by atoms with van der Waals surface area (Å²) >= 11 is 0. The van der Waals surface area contributed by atoms with E-state index in [1.165, 1.54) is 6.07 Å². The van der Waals surface area contributed by atoms with Crippen LogP contribution in [0.1, 0.15) is 32.3 Å². The highest BCUT2D eigenvalue weighted by Gasteiger charge is 2.40. The van der Waals surface area contributed by atoms with Gasteiger partial charge in [0.2, 0.25) is 5.91 Å². The Balaban J connectivity index is 2.06. The van der Waals surface area contributed by atoms with Crippen LogP contribution in [0.4, 0.5) is 4.39 Å². The van der Waals surface area contributed by atoms with Crippen LogP contribution in [0, 0.1) is 11.2 Å². The Hall–Kier alpha value is -1.46. The van der Waals surface area contributed by atoms with Crippen molar-refractivity contribution in [3.05, 3.63) is 35.6 Å². The fourth-order valence-corrected chi connectivity index (χ4v) is 3.21. The molecule has 0 atom stereocenters. The summed E-state index contributed by atoms with van der Waals surface area (Å²) < 4.78 is 19.3. The van der Waals surface area contributed by atoms with Crippen molar-refractivity contribution < 1.29 is 13.9 Å². The fourth-order valence-electron chi connectivity index (χ4n) is 3.21. The molecule has 1 aromatic carbocycles. The third kappa shape index (κ3) is 4.09. The van der Waals surface area contributed by atoms with Crippen LogP contribution in [-0.2, 0) is 14.9 Å². The van der Waals surface area contributed by atoms with E-state index in [4.69, 9.17) is 4.74 Å². The van der Waals surface area contributed by atoms with Crippen LogP contribution in [0.2, 0.25) is 0 Å². The van der Waals surface area contributed by atoms with Crippen molar-refractivity contribution >= 4 is 5.91 Å². The molecule has 5 heteroatoms. The van der Waals surface area contributed by atoms with Crippen molar-refractivity contribution in [1.29, 1.82) is 0 Å². The third-order valence-corrected chi connectivity index (χ3v) is 4.76. The van der Waals surface area contributed by atoms with Gasteiger partial charge in [-0.2, -0.15) is 0 Å². The van der Waals surface area contributed by atoms with Crippen LogP contribution < -0.4 is 10.6 Å². The number of carbonyl (C=O) groups excluding carboxylic acids is 1. The number of halogens is 1. The van der Waals surface area contributed by atoms with Gasteiger partial charge in [-0.15, -0.1) is 0 Å².